The number of hydrogen-bond acceptors (Lipinski definition) is 4. The van der Waals surface area contributed by atoms with Crippen LogP contribution in [0.15, 0.2) is 18.3 Å². The fraction of sp³-hybridized carbons (Fsp3) is 0.625. The number of pyridine rings is 1. The highest BCUT2D eigenvalue weighted by atomic mass is 16.3. The maximum absolute atomic E-state index is 9.31. The summed E-state index contributed by atoms with van der Waals surface area (Å²) in [5.74, 6) is 1.77. The van der Waals surface area contributed by atoms with Gasteiger partial charge in [-0.3, -0.25) is 0 Å². The number of aromatic nitrogens is 3. The first-order valence-corrected chi connectivity index (χ1v) is 7.95. The van der Waals surface area contributed by atoms with E-state index in [1.807, 2.05) is 12.1 Å². The van der Waals surface area contributed by atoms with E-state index in [-0.39, 0.29) is 6.61 Å². The molecule has 3 rings (SSSR count). The Kier molecular flexibility index (Phi) is 4.51. The number of rotatable bonds is 5. The number of hydrogen-bond donors (Lipinski definition) is 1. The van der Waals surface area contributed by atoms with Gasteiger partial charge in [-0.25, -0.2) is 9.97 Å². The van der Waals surface area contributed by atoms with E-state index in [1.165, 1.54) is 25.9 Å². The van der Waals surface area contributed by atoms with Crippen LogP contribution < -0.4 is 0 Å². The number of piperidine rings is 1. The van der Waals surface area contributed by atoms with E-state index in [0.717, 1.165) is 30.0 Å². The summed E-state index contributed by atoms with van der Waals surface area (Å²) in [4.78, 5) is 11.7. The Balaban J connectivity index is 1.78. The molecule has 21 heavy (non-hydrogen) atoms. The largest absolute Gasteiger partial charge is 0.395 e. The maximum Gasteiger partial charge on any atom is 0.160 e. The third-order valence-corrected chi connectivity index (χ3v) is 4.53. The number of aliphatic hydroxyl groups is 1. The van der Waals surface area contributed by atoms with Gasteiger partial charge in [-0.1, -0.05) is 6.92 Å². The average Bonchev–Trinajstić information content (AvgIpc) is 2.86. The van der Waals surface area contributed by atoms with Gasteiger partial charge in [0.1, 0.15) is 11.3 Å². The fourth-order valence-corrected chi connectivity index (χ4v) is 3.26. The Hall–Kier alpha value is -1.46. The highest BCUT2D eigenvalue weighted by Crippen LogP contribution is 2.23. The van der Waals surface area contributed by atoms with Crippen LogP contribution >= 0.6 is 0 Å². The van der Waals surface area contributed by atoms with Gasteiger partial charge >= 0.3 is 0 Å². The van der Waals surface area contributed by atoms with Crippen molar-refractivity contribution in [3.63, 3.8) is 0 Å². The molecule has 1 N–H and O–H groups in total. The monoisotopic (exact) mass is 288 g/mol. The van der Waals surface area contributed by atoms with E-state index in [1.54, 1.807) is 6.20 Å². The minimum Gasteiger partial charge on any atom is -0.395 e. The lowest BCUT2D eigenvalue weighted by Crippen LogP contribution is -2.34. The molecule has 0 aromatic carbocycles. The van der Waals surface area contributed by atoms with Crippen molar-refractivity contribution >= 4 is 11.2 Å². The standard InChI is InChI=1S/C16H24N4O/c1-2-19-8-5-13(6-9-19)12-15-18-14-4-3-7-17-16(14)20(15)10-11-21/h3-4,7,13,21H,2,5-6,8-12H2,1H3. The number of aliphatic hydroxyl groups excluding tert-OH is 1. The molecular formula is C16H24N4O. The van der Waals surface area contributed by atoms with Crippen LogP contribution in [-0.4, -0.2) is 50.8 Å². The van der Waals surface area contributed by atoms with Crippen molar-refractivity contribution in [2.75, 3.05) is 26.2 Å². The van der Waals surface area contributed by atoms with Gasteiger partial charge in [0, 0.05) is 19.2 Å². The van der Waals surface area contributed by atoms with Crippen LogP contribution in [0.5, 0.6) is 0 Å². The predicted molar refractivity (Wildman–Crippen MR) is 83.2 cm³/mol. The topological polar surface area (TPSA) is 54.2 Å². The van der Waals surface area contributed by atoms with Crippen molar-refractivity contribution in [3.05, 3.63) is 24.2 Å². The van der Waals surface area contributed by atoms with Gasteiger partial charge in [0.15, 0.2) is 5.65 Å². The van der Waals surface area contributed by atoms with E-state index in [2.05, 4.69) is 21.4 Å². The minimum atomic E-state index is 0.128. The van der Waals surface area contributed by atoms with Crippen LogP contribution in [0.4, 0.5) is 0 Å². The number of fused-ring (bicyclic) bond motifs is 1. The van der Waals surface area contributed by atoms with Gasteiger partial charge in [0.05, 0.1) is 6.61 Å². The van der Waals surface area contributed by atoms with Crippen molar-refractivity contribution in [1.29, 1.82) is 0 Å². The summed E-state index contributed by atoms with van der Waals surface area (Å²) in [6.07, 6.45) is 5.27. The number of nitrogens with zero attached hydrogens (tertiary/aromatic N) is 4. The lowest BCUT2D eigenvalue weighted by Gasteiger charge is -2.30. The Morgan fingerprint density at radius 3 is 2.86 bits per heavy atom. The maximum atomic E-state index is 9.31. The summed E-state index contributed by atoms with van der Waals surface area (Å²) in [5, 5.41) is 9.31. The van der Waals surface area contributed by atoms with Gasteiger partial charge in [0.2, 0.25) is 0 Å². The highest BCUT2D eigenvalue weighted by Gasteiger charge is 2.21. The van der Waals surface area contributed by atoms with Crippen LogP contribution in [0.3, 0.4) is 0 Å². The molecule has 1 aliphatic rings. The summed E-state index contributed by atoms with van der Waals surface area (Å²) in [6.45, 7) is 6.48. The first-order chi connectivity index (χ1) is 10.3. The second-order valence-electron chi connectivity index (χ2n) is 5.83. The first kappa shape index (κ1) is 14.5. The molecule has 1 aliphatic heterocycles. The molecule has 5 heteroatoms. The summed E-state index contributed by atoms with van der Waals surface area (Å²) in [5.41, 5.74) is 1.83. The molecule has 0 radical (unpaired) electrons. The Morgan fingerprint density at radius 2 is 2.14 bits per heavy atom. The molecule has 3 heterocycles. The van der Waals surface area contributed by atoms with Crippen LogP contribution in [0.2, 0.25) is 0 Å². The molecule has 2 aromatic heterocycles. The quantitative estimate of drug-likeness (QED) is 0.910. The molecule has 114 valence electrons. The van der Waals surface area contributed by atoms with Crippen molar-refractivity contribution in [2.24, 2.45) is 5.92 Å². The molecule has 1 saturated heterocycles. The molecule has 0 amide bonds. The summed E-state index contributed by atoms with van der Waals surface area (Å²) in [7, 11) is 0. The third-order valence-electron chi connectivity index (χ3n) is 4.53. The second kappa shape index (κ2) is 6.54. The third kappa shape index (κ3) is 3.09. The molecule has 0 atom stereocenters. The van der Waals surface area contributed by atoms with Gasteiger partial charge in [0.25, 0.3) is 0 Å². The second-order valence-corrected chi connectivity index (χ2v) is 5.83. The number of imidazole rings is 1. The minimum absolute atomic E-state index is 0.128. The predicted octanol–water partition coefficient (Wildman–Crippen LogP) is 1.70. The summed E-state index contributed by atoms with van der Waals surface area (Å²) >= 11 is 0. The van der Waals surface area contributed by atoms with Crippen LogP contribution in [0.25, 0.3) is 11.2 Å². The van der Waals surface area contributed by atoms with Crippen molar-refractivity contribution in [3.8, 4) is 0 Å². The van der Waals surface area contributed by atoms with E-state index in [4.69, 9.17) is 4.98 Å². The SMILES string of the molecule is CCN1CCC(Cc2nc3cccnc3n2CCO)CC1. The van der Waals surface area contributed by atoms with Crippen LogP contribution in [0, 0.1) is 5.92 Å². The molecule has 0 aliphatic carbocycles. The van der Waals surface area contributed by atoms with Crippen molar-refractivity contribution in [2.45, 2.75) is 32.7 Å². The zero-order valence-corrected chi connectivity index (χ0v) is 12.7. The van der Waals surface area contributed by atoms with Crippen LogP contribution in [-0.2, 0) is 13.0 Å². The summed E-state index contributed by atoms with van der Waals surface area (Å²) < 4.78 is 2.08. The lowest BCUT2D eigenvalue weighted by molar-refractivity contribution is 0.189. The first-order valence-electron chi connectivity index (χ1n) is 7.95. The van der Waals surface area contributed by atoms with Crippen LogP contribution in [0.1, 0.15) is 25.6 Å². The highest BCUT2D eigenvalue weighted by molar-refractivity contribution is 5.71. The van der Waals surface area contributed by atoms with E-state index in [9.17, 15) is 5.11 Å². The smallest absolute Gasteiger partial charge is 0.160 e. The molecule has 5 nitrogen and oxygen atoms in total. The molecule has 0 spiro atoms. The molecular weight excluding hydrogens is 264 g/mol. The van der Waals surface area contributed by atoms with Crippen molar-refractivity contribution in [1.82, 2.24) is 19.4 Å². The average molecular weight is 288 g/mol. The Morgan fingerprint density at radius 1 is 1.33 bits per heavy atom. The fourth-order valence-electron chi connectivity index (χ4n) is 3.26. The zero-order chi connectivity index (χ0) is 14.7. The van der Waals surface area contributed by atoms with E-state index >= 15 is 0 Å². The van der Waals surface area contributed by atoms with Gasteiger partial charge < -0.3 is 14.6 Å². The molecule has 2 aromatic rings. The van der Waals surface area contributed by atoms with E-state index in [0.29, 0.717) is 12.5 Å². The van der Waals surface area contributed by atoms with Crippen molar-refractivity contribution < 1.29 is 5.11 Å². The lowest BCUT2D eigenvalue weighted by atomic mass is 9.93. The summed E-state index contributed by atoms with van der Waals surface area (Å²) in [6, 6.07) is 3.92. The van der Waals surface area contributed by atoms with Gasteiger partial charge in [-0.05, 0) is 50.5 Å². The Labute approximate surface area is 125 Å². The molecule has 0 saturated carbocycles. The number of likely N-dealkylation sites (tertiary alicyclic amines) is 1. The zero-order valence-electron chi connectivity index (χ0n) is 12.7. The molecule has 0 unspecified atom stereocenters. The molecule has 0 bridgehead atoms. The van der Waals surface area contributed by atoms with Gasteiger partial charge in [-0.2, -0.15) is 0 Å². The van der Waals surface area contributed by atoms with Gasteiger partial charge in [-0.15, -0.1) is 0 Å². The van der Waals surface area contributed by atoms with E-state index < -0.39 is 0 Å². The molecule has 1 fully saturated rings. The Bertz CT molecular complexity index is 587. The normalized spacial score (nSPS) is 17.6.